The maximum Gasteiger partial charge on any atom is 0.435 e. The second kappa shape index (κ2) is 7.15. The molecule has 0 radical (unpaired) electrons. The Balaban J connectivity index is 1.74. The molecule has 0 spiro atoms. The van der Waals surface area contributed by atoms with Crippen molar-refractivity contribution >= 4 is 5.91 Å². The number of hydrogen-bond acceptors (Lipinski definition) is 2. The second-order valence-corrected chi connectivity index (χ2v) is 5.87. The third-order valence-corrected chi connectivity index (χ3v) is 4.09. The van der Waals surface area contributed by atoms with E-state index in [1.807, 2.05) is 0 Å². The Morgan fingerprint density at radius 1 is 1.36 bits per heavy atom. The van der Waals surface area contributed by atoms with Gasteiger partial charge in [0.1, 0.15) is 0 Å². The number of halogens is 3. The number of hydrogen-bond donors (Lipinski definition) is 1. The molecule has 0 aliphatic heterocycles. The SMILES string of the molecule is Cc1cc(C(F)(F)F)nn1CCCNC(=O)C1CCCCC1. The molecule has 1 aliphatic rings. The summed E-state index contributed by atoms with van der Waals surface area (Å²) in [5, 5.41) is 6.44. The molecule has 22 heavy (non-hydrogen) atoms. The number of nitrogens with zero attached hydrogens (tertiary/aromatic N) is 2. The molecule has 1 saturated carbocycles. The summed E-state index contributed by atoms with van der Waals surface area (Å²) in [6.07, 6.45) is 1.45. The summed E-state index contributed by atoms with van der Waals surface area (Å²) in [6, 6.07) is 1.04. The van der Waals surface area contributed by atoms with Crippen LogP contribution in [0.25, 0.3) is 0 Å². The lowest BCUT2D eigenvalue weighted by Crippen LogP contribution is -2.33. The van der Waals surface area contributed by atoms with Gasteiger partial charge in [-0.05, 0) is 32.3 Å². The highest BCUT2D eigenvalue weighted by Gasteiger charge is 2.34. The van der Waals surface area contributed by atoms with Gasteiger partial charge in [0.15, 0.2) is 5.69 Å². The Labute approximate surface area is 128 Å². The van der Waals surface area contributed by atoms with Crippen molar-refractivity contribution in [1.29, 1.82) is 0 Å². The van der Waals surface area contributed by atoms with Gasteiger partial charge in [0.25, 0.3) is 0 Å². The van der Waals surface area contributed by atoms with E-state index in [9.17, 15) is 18.0 Å². The third-order valence-electron chi connectivity index (χ3n) is 4.09. The van der Waals surface area contributed by atoms with E-state index < -0.39 is 11.9 Å². The molecule has 0 atom stereocenters. The molecule has 1 aromatic heterocycles. The Hall–Kier alpha value is -1.53. The molecule has 0 bridgehead atoms. The van der Waals surface area contributed by atoms with Crippen LogP contribution in [0.3, 0.4) is 0 Å². The molecule has 0 aromatic carbocycles. The lowest BCUT2D eigenvalue weighted by molar-refractivity contribution is -0.141. The van der Waals surface area contributed by atoms with E-state index in [0.717, 1.165) is 31.7 Å². The van der Waals surface area contributed by atoms with E-state index in [0.29, 0.717) is 25.2 Å². The van der Waals surface area contributed by atoms with Crippen molar-refractivity contribution in [1.82, 2.24) is 15.1 Å². The molecule has 1 aliphatic carbocycles. The summed E-state index contributed by atoms with van der Waals surface area (Å²) in [4.78, 5) is 11.9. The number of aromatic nitrogens is 2. The quantitative estimate of drug-likeness (QED) is 0.847. The largest absolute Gasteiger partial charge is 0.435 e. The molecule has 1 fully saturated rings. The van der Waals surface area contributed by atoms with E-state index in [1.54, 1.807) is 6.92 Å². The number of rotatable bonds is 5. The summed E-state index contributed by atoms with van der Waals surface area (Å²) >= 11 is 0. The second-order valence-electron chi connectivity index (χ2n) is 5.87. The van der Waals surface area contributed by atoms with E-state index in [-0.39, 0.29) is 11.8 Å². The number of aryl methyl sites for hydroxylation is 2. The Morgan fingerprint density at radius 2 is 2.05 bits per heavy atom. The van der Waals surface area contributed by atoms with Crippen LogP contribution in [0.15, 0.2) is 6.07 Å². The normalized spacial score (nSPS) is 16.7. The zero-order valence-electron chi connectivity index (χ0n) is 12.7. The highest BCUT2D eigenvalue weighted by molar-refractivity contribution is 5.78. The lowest BCUT2D eigenvalue weighted by atomic mass is 9.89. The number of carbonyl (C=O) groups is 1. The number of alkyl halides is 3. The van der Waals surface area contributed by atoms with Crippen molar-refractivity contribution in [2.24, 2.45) is 5.92 Å². The molecule has 1 amide bonds. The van der Waals surface area contributed by atoms with Crippen molar-refractivity contribution in [2.45, 2.75) is 58.2 Å². The fraction of sp³-hybridized carbons (Fsp3) is 0.733. The molecule has 0 unspecified atom stereocenters. The Kier molecular flexibility index (Phi) is 5.47. The third kappa shape index (κ3) is 4.48. The maximum absolute atomic E-state index is 12.5. The van der Waals surface area contributed by atoms with Crippen LogP contribution in [0.2, 0.25) is 0 Å². The van der Waals surface area contributed by atoms with Crippen LogP contribution in [-0.4, -0.2) is 22.2 Å². The zero-order chi connectivity index (χ0) is 16.2. The zero-order valence-corrected chi connectivity index (χ0v) is 12.7. The van der Waals surface area contributed by atoms with Crippen LogP contribution in [-0.2, 0) is 17.5 Å². The van der Waals surface area contributed by atoms with Crippen molar-refractivity contribution in [3.63, 3.8) is 0 Å². The molecule has 1 aromatic rings. The standard InChI is InChI=1S/C15H22F3N3O/c1-11-10-13(15(16,17)18)20-21(11)9-5-8-19-14(22)12-6-3-2-4-7-12/h10,12H,2-9H2,1H3,(H,19,22). The molecule has 0 saturated heterocycles. The summed E-state index contributed by atoms with van der Waals surface area (Å²) in [7, 11) is 0. The highest BCUT2D eigenvalue weighted by Crippen LogP contribution is 2.28. The van der Waals surface area contributed by atoms with Gasteiger partial charge < -0.3 is 5.32 Å². The molecule has 1 heterocycles. The van der Waals surface area contributed by atoms with Crippen LogP contribution < -0.4 is 5.32 Å². The molecular formula is C15H22F3N3O. The average molecular weight is 317 g/mol. The fourth-order valence-corrected chi connectivity index (χ4v) is 2.82. The van der Waals surface area contributed by atoms with E-state index in [1.165, 1.54) is 11.1 Å². The molecule has 7 heteroatoms. The van der Waals surface area contributed by atoms with Crippen LogP contribution in [0.5, 0.6) is 0 Å². The molecular weight excluding hydrogens is 295 g/mol. The first-order valence-corrected chi connectivity index (χ1v) is 7.77. The van der Waals surface area contributed by atoms with Gasteiger partial charge in [0.05, 0.1) is 0 Å². The van der Waals surface area contributed by atoms with Crippen LogP contribution in [0.1, 0.15) is 49.9 Å². The van der Waals surface area contributed by atoms with Gasteiger partial charge in [0, 0.05) is 24.7 Å². The first-order chi connectivity index (χ1) is 10.4. The summed E-state index contributed by atoms with van der Waals surface area (Å²) < 4.78 is 39.0. The topological polar surface area (TPSA) is 46.9 Å². The number of carbonyl (C=O) groups excluding carboxylic acids is 1. The van der Waals surface area contributed by atoms with Gasteiger partial charge in [-0.3, -0.25) is 9.48 Å². The van der Waals surface area contributed by atoms with E-state index in [4.69, 9.17) is 0 Å². The smallest absolute Gasteiger partial charge is 0.356 e. The van der Waals surface area contributed by atoms with E-state index >= 15 is 0 Å². The van der Waals surface area contributed by atoms with E-state index in [2.05, 4.69) is 10.4 Å². The molecule has 1 N–H and O–H groups in total. The van der Waals surface area contributed by atoms with Gasteiger partial charge in [-0.25, -0.2) is 0 Å². The van der Waals surface area contributed by atoms with Gasteiger partial charge in [-0.1, -0.05) is 19.3 Å². The van der Waals surface area contributed by atoms with Gasteiger partial charge in [-0.15, -0.1) is 0 Å². The predicted octanol–water partition coefficient (Wildman–Crippen LogP) is 3.30. The minimum Gasteiger partial charge on any atom is -0.356 e. The molecule has 2 rings (SSSR count). The van der Waals surface area contributed by atoms with Gasteiger partial charge in [-0.2, -0.15) is 18.3 Å². The first-order valence-electron chi connectivity index (χ1n) is 7.77. The number of nitrogens with one attached hydrogen (secondary N) is 1. The van der Waals surface area contributed by atoms with Crippen LogP contribution in [0, 0.1) is 12.8 Å². The van der Waals surface area contributed by atoms with Crippen molar-refractivity contribution in [2.75, 3.05) is 6.54 Å². The van der Waals surface area contributed by atoms with Crippen LogP contribution in [0.4, 0.5) is 13.2 Å². The Morgan fingerprint density at radius 3 is 2.64 bits per heavy atom. The van der Waals surface area contributed by atoms with Crippen LogP contribution >= 0.6 is 0 Å². The lowest BCUT2D eigenvalue weighted by Gasteiger charge is -2.20. The maximum atomic E-state index is 12.5. The van der Waals surface area contributed by atoms with Crippen molar-refractivity contribution in [3.05, 3.63) is 17.5 Å². The minimum atomic E-state index is -4.41. The first kappa shape index (κ1) is 16.8. The summed E-state index contributed by atoms with van der Waals surface area (Å²) in [6.45, 7) is 2.44. The summed E-state index contributed by atoms with van der Waals surface area (Å²) in [5.41, 5.74) is -0.387. The Bertz CT molecular complexity index is 505. The fourth-order valence-electron chi connectivity index (χ4n) is 2.82. The predicted molar refractivity (Wildman–Crippen MR) is 76.2 cm³/mol. The van der Waals surface area contributed by atoms with Crippen molar-refractivity contribution < 1.29 is 18.0 Å². The van der Waals surface area contributed by atoms with Crippen molar-refractivity contribution in [3.8, 4) is 0 Å². The van der Waals surface area contributed by atoms with Gasteiger partial charge in [0.2, 0.25) is 5.91 Å². The average Bonchev–Trinajstić information content (AvgIpc) is 2.86. The highest BCUT2D eigenvalue weighted by atomic mass is 19.4. The molecule has 124 valence electrons. The molecule has 4 nitrogen and oxygen atoms in total. The minimum absolute atomic E-state index is 0.0767. The summed E-state index contributed by atoms with van der Waals surface area (Å²) in [5.74, 6) is 0.185. The number of amides is 1. The monoisotopic (exact) mass is 317 g/mol. The van der Waals surface area contributed by atoms with Gasteiger partial charge >= 0.3 is 6.18 Å².